The van der Waals surface area contributed by atoms with E-state index in [0.29, 0.717) is 19.6 Å². The third kappa shape index (κ3) is 5.99. The Hall–Kier alpha value is -1.64. The second kappa shape index (κ2) is 10.3. The number of sulfone groups is 1. The molecule has 174 valence electrons. The van der Waals surface area contributed by atoms with E-state index in [9.17, 15) is 8.42 Å². The fourth-order valence-electron chi connectivity index (χ4n) is 4.28. The summed E-state index contributed by atoms with van der Waals surface area (Å²) in [6.45, 7) is 16.7. The second-order valence-corrected chi connectivity index (χ2v) is 11.9. The van der Waals surface area contributed by atoms with Crippen LogP contribution < -0.4 is 5.32 Å². The first-order valence-corrected chi connectivity index (χ1v) is 13.2. The highest BCUT2D eigenvalue weighted by Gasteiger charge is 2.41. The molecule has 2 heterocycles. The van der Waals surface area contributed by atoms with Gasteiger partial charge in [0.15, 0.2) is 15.8 Å². The first-order chi connectivity index (χ1) is 14.8. The van der Waals surface area contributed by atoms with Crippen molar-refractivity contribution in [2.24, 2.45) is 4.99 Å². The van der Waals surface area contributed by atoms with Gasteiger partial charge in [-0.05, 0) is 38.4 Å². The molecule has 1 N–H and O–H groups in total. The molecule has 0 atom stereocenters. The van der Waals surface area contributed by atoms with Crippen LogP contribution in [0.5, 0.6) is 0 Å². The van der Waals surface area contributed by atoms with E-state index in [1.807, 2.05) is 20.8 Å². The second-order valence-electron chi connectivity index (χ2n) is 9.15. The van der Waals surface area contributed by atoms with Gasteiger partial charge in [-0.1, -0.05) is 31.2 Å². The molecule has 2 aliphatic heterocycles. The van der Waals surface area contributed by atoms with Crippen molar-refractivity contribution in [2.75, 3.05) is 58.1 Å². The lowest BCUT2D eigenvalue weighted by Gasteiger charge is -2.39. The standard InChI is InChI=1S/C23H39N5O2S/c1-5-24-22(28-15-16-31(29,30)23(3,4)19-28)25-17-20-9-7-8-10-21(20)18-27-13-11-26(6-2)12-14-27/h7-10H,5-6,11-19H2,1-4H3,(H,24,25). The number of aliphatic imine (C=N–C) groups is 1. The number of rotatable bonds is 6. The average Bonchev–Trinajstić information content (AvgIpc) is 2.74. The van der Waals surface area contributed by atoms with E-state index in [-0.39, 0.29) is 5.75 Å². The van der Waals surface area contributed by atoms with E-state index in [1.54, 1.807) is 0 Å². The van der Waals surface area contributed by atoms with Crippen LogP contribution in [0.3, 0.4) is 0 Å². The fraction of sp³-hybridized carbons (Fsp3) is 0.696. The molecule has 31 heavy (non-hydrogen) atoms. The van der Waals surface area contributed by atoms with Crippen molar-refractivity contribution >= 4 is 15.8 Å². The molecule has 1 aromatic carbocycles. The molecule has 0 saturated carbocycles. The third-order valence-corrected chi connectivity index (χ3v) is 9.03. The average molecular weight is 450 g/mol. The summed E-state index contributed by atoms with van der Waals surface area (Å²) in [4.78, 5) is 12.0. The number of nitrogens with one attached hydrogen (secondary N) is 1. The molecular weight excluding hydrogens is 410 g/mol. The monoisotopic (exact) mass is 449 g/mol. The van der Waals surface area contributed by atoms with Crippen LogP contribution in [0.25, 0.3) is 0 Å². The van der Waals surface area contributed by atoms with Gasteiger partial charge in [0.05, 0.1) is 17.0 Å². The van der Waals surface area contributed by atoms with Crippen LogP contribution in [0.4, 0.5) is 0 Å². The van der Waals surface area contributed by atoms with Crippen LogP contribution in [-0.2, 0) is 22.9 Å². The summed E-state index contributed by atoms with van der Waals surface area (Å²) in [5, 5.41) is 3.37. The number of piperazine rings is 1. The first-order valence-electron chi connectivity index (χ1n) is 11.5. The Labute approximate surface area is 188 Å². The number of guanidine groups is 1. The zero-order valence-electron chi connectivity index (χ0n) is 19.6. The van der Waals surface area contributed by atoms with Crippen molar-refractivity contribution in [3.63, 3.8) is 0 Å². The summed E-state index contributed by atoms with van der Waals surface area (Å²) in [6.07, 6.45) is 0. The Morgan fingerprint density at radius 1 is 1.03 bits per heavy atom. The number of likely N-dealkylation sites (N-methyl/N-ethyl adjacent to an activating group) is 1. The lowest BCUT2D eigenvalue weighted by atomic mass is 10.1. The first kappa shape index (κ1) is 24.0. The molecule has 0 bridgehead atoms. The van der Waals surface area contributed by atoms with Crippen LogP contribution >= 0.6 is 0 Å². The topological polar surface area (TPSA) is 68.2 Å². The number of hydrogen-bond acceptors (Lipinski definition) is 5. The van der Waals surface area contributed by atoms with Crippen LogP contribution in [-0.4, -0.2) is 91.9 Å². The van der Waals surface area contributed by atoms with Crippen molar-refractivity contribution in [2.45, 2.75) is 45.5 Å². The maximum Gasteiger partial charge on any atom is 0.194 e. The van der Waals surface area contributed by atoms with Gasteiger partial charge >= 0.3 is 0 Å². The molecule has 1 aromatic rings. The van der Waals surface area contributed by atoms with Crippen molar-refractivity contribution in [1.29, 1.82) is 0 Å². The van der Waals surface area contributed by atoms with Gasteiger partial charge in [-0.3, -0.25) is 4.90 Å². The molecule has 0 aliphatic carbocycles. The van der Waals surface area contributed by atoms with Gasteiger partial charge in [0.2, 0.25) is 0 Å². The van der Waals surface area contributed by atoms with Crippen molar-refractivity contribution < 1.29 is 8.42 Å². The summed E-state index contributed by atoms with van der Waals surface area (Å²) in [5.74, 6) is 0.974. The molecule has 0 aromatic heterocycles. The van der Waals surface area contributed by atoms with Gasteiger partial charge in [0, 0.05) is 52.4 Å². The maximum absolute atomic E-state index is 12.4. The minimum absolute atomic E-state index is 0.171. The van der Waals surface area contributed by atoms with Crippen LogP contribution in [0.2, 0.25) is 0 Å². The maximum atomic E-state index is 12.4. The van der Waals surface area contributed by atoms with Gasteiger partial charge in [-0.25, -0.2) is 13.4 Å². The zero-order chi connectivity index (χ0) is 22.5. The Bertz CT molecular complexity index is 860. The highest BCUT2D eigenvalue weighted by Crippen LogP contribution is 2.24. The van der Waals surface area contributed by atoms with Gasteiger partial charge in [-0.15, -0.1) is 0 Å². The highest BCUT2D eigenvalue weighted by molar-refractivity contribution is 7.92. The van der Waals surface area contributed by atoms with E-state index in [2.05, 4.69) is 51.2 Å². The SMILES string of the molecule is CCNC(=NCc1ccccc1CN1CCN(CC)CC1)N1CCS(=O)(=O)C(C)(C)C1. The van der Waals surface area contributed by atoms with E-state index in [0.717, 1.165) is 51.8 Å². The minimum atomic E-state index is -3.07. The molecule has 8 heteroatoms. The Balaban J connectivity index is 1.70. The normalized spacial score (nSPS) is 22.5. The smallest absolute Gasteiger partial charge is 0.194 e. The Morgan fingerprint density at radius 3 is 2.29 bits per heavy atom. The molecule has 0 spiro atoms. The molecular formula is C23H39N5O2S. The van der Waals surface area contributed by atoms with Gasteiger partial charge < -0.3 is 15.1 Å². The summed E-state index contributed by atoms with van der Waals surface area (Å²) in [5.41, 5.74) is 2.56. The van der Waals surface area contributed by atoms with Crippen molar-refractivity contribution in [3.8, 4) is 0 Å². The summed E-state index contributed by atoms with van der Waals surface area (Å²) in [7, 11) is -3.07. The molecule has 0 amide bonds. The largest absolute Gasteiger partial charge is 0.357 e. The van der Waals surface area contributed by atoms with Gasteiger partial charge in [-0.2, -0.15) is 0 Å². The molecule has 0 radical (unpaired) electrons. The lowest BCUT2D eigenvalue weighted by molar-refractivity contribution is 0.131. The van der Waals surface area contributed by atoms with Crippen molar-refractivity contribution in [3.05, 3.63) is 35.4 Å². The molecule has 2 saturated heterocycles. The number of hydrogen-bond donors (Lipinski definition) is 1. The Morgan fingerprint density at radius 2 is 1.68 bits per heavy atom. The predicted octanol–water partition coefficient (Wildman–Crippen LogP) is 1.80. The lowest BCUT2D eigenvalue weighted by Crippen LogP contribution is -2.57. The van der Waals surface area contributed by atoms with Crippen molar-refractivity contribution in [1.82, 2.24) is 20.0 Å². The number of nitrogens with zero attached hydrogens (tertiary/aromatic N) is 4. The van der Waals surface area contributed by atoms with Gasteiger partial charge in [0.1, 0.15) is 0 Å². The molecule has 3 rings (SSSR count). The minimum Gasteiger partial charge on any atom is -0.357 e. The van der Waals surface area contributed by atoms with E-state index >= 15 is 0 Å². The Kier molecular flexibility index (Phi) is 7.99. The van der Waals surface area contributed by atoms with E-state index in [4.69, 9.17) is 4.99 Å². The third-order valence-electron chi connectivity index (χ3n) is 6.50. The predicted molar refractivity (Wildman–Crippen MR) is 128 cm³/mol. The molecule has 7 nitrogen and oxygen atoms in total. The summed E-state index contributed by atoms with van der Waals surface area (Å²) in [6, 6.07) is 8.55. The zero-order valence-corrected chi connectivity index (χ0v) is 20.4. The van der Waals surface area contributed by atoms with Gasteiger partial charge in [0.25, 0.3) is 0 Å². The summed E-state index contributed by atoms with van der Waals surface area (Å²) < 4.78 is 24.0. The van der Waals surface area contributed by atoms with Crippen LogP contribution in [0.1, 0.15) is 38.8 Å². The highest BCUT2D eigenvalue weighted by atomic mass is 32.2. The molecule has 2 fully saturated rings. The molecule has 2 aliphatic rings. The quantitative estimate of drug-likeness (QED) is 0.528. The molecule has 0 unspecified atom stereocenters. The van der Waals surface area contributed by atoms with Crippen LogP contribution in [0, 0.1) is 0 Å². The summed E-state index contributed by atoms with van der Waals surface area (Å²) >= 11 is 0. The van der Waals surface area contributed by atoms with Crippen LogP contribution in [0.15, 0.2) is 29.3 Å². The van der Waals surface area contributed by atoms with E-state index < -0.39 is 14.6 Å². The number of benzene rings is 1. The van der Waals surface area contributed by atoms with E-state index in [1.165, 1.54) is 11.1 Å². The fourth-order valence-corrected chi connectivity index (χ4v) is 5.65.